The first-order chi connectivity index (χ1) is 8.33. The standard InChI is InChI=1S/C10H12O3.C4H10O/c1-6-4-7(2)9(8(11)5-6)10(12)13-3;1-4(2)5-3/h4-5,11H,1-3H3;4H,1-3H3. The van der Waals surface area contributed by atoms with E-state index in [1.807, 2.05) is 26.8 Å². The van der Waals surface area contributed by atoms with Gasteiger partial charge in [-0.1, -0.05) is 6.07 Å². The third kappa shape index (κ3) is 5.19. The van der Waals surface area contributed by atoms with Crippen molar-refractivity contribution in [3.05, 3.63) is 28.8 Å². The fraction of sp³-hybridized carbons (Fsp3) is 0.500. The molecule has 0 atom stereocenters. The van der Waals surface area contributed by atoms with Crippen LogP contribution >= 0.6 is 0 Å². The number of carbonyl (C=O) groups is 1. The van der Waals surface area contributed by atoms with E-state index < -0.39 is 5.97 Å². The van der Waals surface area contributed by atoms with E-state index in [0.29, 0.717) is 6.10 Å². The van der Waals surface area contributed by atoms with E-state index in [9.17, 15) is 9.90 Å². The maximum atomic E-state index is 11.2. The van der Waals surface area contributed by atoms with Gasteiger partial charge in [0.1, 0.15) is 11.3 Å². The van der Waals surface area contributed by atoms with Crippen LogP contribution in [0.1, 0.15) is 35.3 Å². The fourth-order valence-corrected chi connectivity index (χ4v) is 1.31. The summed E-state index contributed by atoms with van der Waals surface area (Å²) in [4.78, 5) is 11.2. The number of aromatic hydroxyl groups is 1. The first-order valence-electron chi connectivity index (χ1n) is 5.74. The highest BCUT2D eigenvalue weighted by Crippen LogP contribution is 2.23. The van der Waals surface area contributed by atoms with E-state index >= 15 is 0 Å². The number of hydrogen-bond donors (Lipinski definition) is 1. The number of aryl methyl sites for hydroxylation is 2. The minimum absolute atomic E-state index is 0.0237. The van der Waals surface area contributed by atoms with Gasteiger partial charge in [-0.3, -0.25) is 0 Å². The van der Waals surface area contributed by atoms with Crippen LogP contribution in [0, 0.1) is 13.8 Å². The molecule has 4 heteroatoms. The molecule has 0 saturated heterocycles. The highest BCUT2D eigenvalue weighted by Gasteiger charge is 2.14. The van der Waals surface area contributed by atoms with Crippen molar-refractivity contribution >= 4 is 5.97 Å². The molecule has 0 aliphatic rings. The van der Waals surface area contributed by atoms with Gasteiger partial charge in [0, 0.05) is 7.11 Å². The summed E-state index contributed by atoms with van der Waals surface area (Å²) in [6.07, 6.45) is 0.384. The van der Waals surface area contributed by atoms with Crippen molar-refractivity contribution in [2.45, 2.75) is 33.8 Å². The van der Waals surface area contributed by atoms with Gasteiger partial charge in [-0.2, -0.15) is 0 Å². The first kappa shape index (κ1) is 16.4. The van der Waals surface area contributed by atoms with Crippen LogP contribution in [-0.2, 0) is 9.47 Å². The van der Waals surface area contributed by atoms with Crippen LogP contribution in [0.4, 0.5) is 0 Å². The van der Waals surface area contributed by atoms with Crippen LogP contribution in [0.2, 0.25) is 0 Å². The number of rotatable bonds is 2. The lowest BCUT2D eigenvalue weighted by Gasteiger charge is -2.06. The second kappa shape index (κ2) is 7.71. The molecule has 0 unspecified atom stereocenters. The van der Waals surface area contributed by atoms with Crippen LogP contribution in [-0.4, -0.2) is 31.4 Å². The molecule has 1 rings (SSSR count). The zero-order chi connectivity index (χ0) is 14.3. The molecule has 1 N–H and O–H groups in total. The Morgan fingerprint density at radius 1 is 1.22 bits per heavy atom. The predicted octanol–water partition coefficient (Wildman–Crippen LogP) is 2.84. The SMILES string of the molecule is COC(=O)c1c(C)cc(C)cc1O.COC(C)C. The Balaban J connectivity index is 0.000000494. The van der Waals surface area contributed by atoms with E-state index in [1.54, 1.807) is 20.1 Å². The molecule has 0 aromatic heterocycles. The number of esters is 1. The van der Waals surface area contributed by atoms with Gasteiger partial charge in [-0.05, 0) is 44.9 Å². The number of phenolic OH excluding ortho intramolecular Hbond substituents is 1. The zero-order valence-corrected chi connectivity index (χ0v) is 11.9. The molecule has 0 amide bonds. The van der Waals surface area contributed by atoms with E-state index in [1.165, 1.54) is 7.11 Å². The zero-order valence-electron chi connectivity index (χ0n) is 11.9. The second-order valence-electron chi connectivity index (χ2n) is 4.25. The van der Waals surface area contributed by atoms with E-state index in [-0.39, 0.29) is 11.3 Å². The predicted molar refractivity (Wildman–Crippen MR) is 71.1 cm³/mol. The molecule has 0 radical (unpaired) electrons. The molecule has 0 spiro atoms. The van der Waals surface area contributed by atoms with Crippen molar-refractivity contribution < 1.29 is 19.4 Å². The average molecular weight is 254 g/mol. The first-order valence-corrected chi connectivity index (χ1v) is 5.74. The molecular formula is C14H22O4. The van der Waals surface area contributed by atoms with E-state index in [0.717, 1.165) is 11.1 Å². The number of phenols is 1. The van der Waals surface area contributed by atoms with Gasteiger partial charge in [0.05, 0.1) is 13.2 Å². The summed E-state index contributed by atoms with van der Waals surface area (Å²) in [7, 11) is 2.99. The maximum Gasteiger partial charge on any atom is 0.341 e. The maximum absolute atomic E-state index is 11.2. The highest BCUT2D eigenvalue weighted by atomic mass is 16.5. The minimum Gasteiger partial charge on any atom is -0.507 e. The molecule has 4 nitrogen and oxygen atoms in total. The summed E-state index contributed by atoms with van der Waals surface area (Å²) in [5, 5.41) is 9.47. The summed E-state index contributed by atoms with van der Waals surface area (Å²) >= 11 is 0. The highest BCUT2D eigenvalue weighted by molar-refractivity contribution is 5.94. The molecule has 0 saturated carbocycles. The molecule has 0 heterocycles. The third-order valence-electron chi connectivity index (χ3n) is 2.32. The average Bonchev–Trinajstić information content (AvgIpc) is 2.28. The molecule has 1 aromatic carbocycles. The number of carbonyl (C=O) groups excluding carboxylic acids is 1. The Morgan fingerprint density at radius 2 is 1.72 bits per heavy atom. The number of hydrogen-bond acceptors (Lipinski definition) is 4. The van der Waals surface area contributed by atoms with Crippen molar-refractivity contribution in [3.8, 4) is 5.75 Å². The van der Waals surface area contributed by atoms with Crippen molar-refractivity contribution in [2.24, 2.45) is 0 Å². The number of methoxy groups -OCH3 is 2. The summed E-state index contributed by atoms with van der Waals surface area (Å²) in [5.41, 5.74) is 1.89. The van der Waals surface area contributed by atoms with Crippen molar-refractivity contribution in [2.75, 3.05) is 14.2 Å². The topological polar surface area (TPSA) is 55.8 Å². The van der Waals surface area contributed by atoms with Gasteiger partial charge < -0.3 is 14.6 Å². The minimum atomic E-state index is -0.505. The quantitative estimate of drug-likeness (QED) is 0.824. The largest absolute Gasteiger partial charge is 0.507 e. The molecule has 0 bridgehead atoms. The van der Waals surface area contributed by atoms with Gasteiger partial charge in [-0.15, -0.1) is 0 Å². The second-order valence-corrected chi connectivity index (χ2v) is 4.25. The fourth-order valence-electron chi connectivity index (χ4n) is 1.31. The smallest absolute Gasteiger partial charge is 0.341 e. The van der Waals surface area contributed by atoms with Crippen LogP contribution in [0.5, 0.6) is 5.75 Å². The summed E-state index contributed by atoms with van der Waals surface area (Å²) in [6, 6.07) is 3.37. The Labute approximate surface area is 109 Å². The summed E-state index contributed by atoms with van der Waals surface area (Å²) in [5.74, 6) is -0.528. The normalized spacial score (nSPS) is 9.72. The number of ether oxygens (including phenoxy) is 2. The Hall–Kier alpha value is -1.55. The Kier molecular flexibility index (Phi) is 7.05. The monoisotopic (exact) mass is 254 g/mol. The van der Waals surface area contributed by atoms with E-state index in [4.69, 9.17) is 4.74 Å². The van der Waals surface area contributed by atoms with Gasteiger partial charge >= 0.3 is 5.97 Å². The van der Waals surface area contributed by atoms with Gasteiger partial charge in [0.25, 0.3) is 0 Å². The molecule has 0 aliphatic carbocycles. The summed E-state index contributed by atoms with van der Waals surface area (Å²) < 4.78 is 9.29. The number of benzene rings is 1. The van der Waals surface area contributed by atoms with Crippen LogP contribution in [0.25, 0.3) is 0 Å². The molecule has 1 aromatic rings. The molecular weight excluding hydrogens is 232 g/mol. The molecule has 0 fully saturated rings. The Morgan fingerprint density at radius 3 is 2.06 bits per heavy atom. The van der Waals surface area contributed by atoms with Crippen molar-refractivity contribution in [1.29, 1.82) is 0 Å². The van der Waals surface area contributed by atoms with Crippen LogP contribution in [0.15, 0.2) is 12.1 Å². The lowest BCUT2D eigenvalue weighted by Crippen LogP contribution is -2.04. The van der Waals surface area contributed by atoms with Crippen LogP contribution in [0.3, 0.4) is 0 Å². The van der Waals surface area contributed by atoms with E-state index in [2.05, 4.69) is 4.74 Å². The third-order valence-corrected chi connectivity index (χ3v) is 2.32. The summed E-state index contributed by atoms with van der Waals surface area (Å²) in [6.45, 7) is 7.62. The Bertz CT molecular complexity index is 374. The van der Waals surface area contributed by atoms with Crippen LogP contribution < -0.4 is 0 Å². The lowest BCUT2D eigenvalue weighted by atomic mass is 10.0. The van der Waals surface area contributed by atoms with Crippen molar-refractivity contribution in [1.82, 2.24) is 0 Å². The molecule has 0 aliphatic heterocycles. The molecule has 102 valence electrons. The lowest BCUT2D eigenvalue weighted by molar-refractivity contribution is 0.0596. The molecule has 18 heavy (non-hydrogen) atoms. The van der Waals surface area contributed by atoms with Gasteiger partial charge in [-0.25, -0.2) is 4.79 Å². The van der Waals surface area contributed by atoms with Gasteiger partial charge in [0.15, 0.2) is 0 Å². The van der Waals surface area contributed by atoms with Crippen molar-refractivity contribution in [3.63, 3.8) is 0 Å². The van der Waals surface area contributed by atoms with Gasteiger partial charge in [0.2, 0.25) is 0 Å².